The van der Waals surface area contributed by atoms with Gasteiger partial charge in [-0.2, -0.15) is 0 Å². The minimum atomic E-state index is -0.939. The van der Waals surface area contributed by atoms with Crippen LogP contribution in [0.25, 0.3) is 0 Å². The van der Waals surface area contributed by atoms with Crippen LogP contribution in [0.3, 0.4) is 0 Å². The van der Waals surface area contributed by atoms with Gasteiger partial charge in [-0.1, -0.05) is 37.3 Å². The second-order valence-corrected chi connectivity index (χ2v) is 4.67. The molecule has 0 amide bonds. The lowest BCUT2D eigenvalue weighted by Gasteiger charge is -2.22. The standard InChI is InChI=1S/C16H16FNO2/c1-11(12-5-3-2-4-6-12)15(16(19)20)18-14-9-7-13(17)8-10-14/h2-11,15,18H,1H3,(H,19,20). The summed E-state index contributed by atoms with van der Waals surface area (Å²) in [4.78, 5) is 11.4. The fraction of sp³-hybridized carbons (Fsp3) is 0.188. The number of carboxylic acid groups (broad SMARTS) is 1. The summed E-state index contributed by atoms with van der Waals surface area (Å²) in [5.41, 5.74) is 1.52. The molecule has 0 saturated heterocycles. The van der Waals surface area contributed by atoms with Crippen LogP contribution >= 0.6 is 0 Å². The Morgan fingerprint density at radius 1 is 1.10 bits per heavy atom. The molecule has 2 atom stereocenters. The van der Waals surface area contributed by atoms with Gasteiger partial charge in [-0.15, -0.1) is 0 Å². The van der Waals surface area contributed by atoms with Gasteiger partial charge in [-0.05, 0) is 29.8 Å². The Morgan fingerprint density at radius 3 is 2.25 bits per heavy atom. The lowest BCUT2D eigenvalue weighted by atomic mass is 9.93. The van der Waals surface area contributed by atoms with Crippen LogP contribution in [0.2, 0.25) is 0 Å². The van der Waals surface area contributed by atoms with E-state index in [0.29, 0.717) is 5.69 Å². The zero-order valence-corrected chi connectivity index (χ0v) is 11.1. The number of hydrogen-bond acceptors (Lipinski definition) is 2. The van der Waals surface area contributed by atoms with Crippen LogP contribution in [0.15, 0.2) is 54.6 Å². The fourth-order valence-electron chi connectivity index (χ4n) is 2.08. The van der Waals surface area contributed by atoms with Gasteiger partial charge in [0.15, 0.2) is 0 Å². The highest BCUT2D eigenvalue weighted by Gasteiger charge is 2.25. The third kappa shape index (κ3) is 3.35. The Labute approximate surface area is 117 Å². The molecule has 4 heteroatoms. The summed E-state index contributed by atoms with van der Waals surface area (Å²) in [6, 6.07) is 14.3. The van der Waals surface area contributed by atoms with Crippen molar-refractivity contribution in [1.29, 1.82) is 0 Å². The normalized spacial score (nSPS) is 13.5. The molecule has 0 radical (unpaired) electrons. The van der Waals surface area contributed by atoms with E-state index in [1.165, 1.54) is 24.3 Å². The molecule has 104 valence electrons. The van der Waals surface area contributed by atoms with Gasteiger partial charge >= 0.3 is 5.97 Å². The monoisotopic (exact) mass is 273 g/mol. The number of anilines is 1. The highest BCUT2D eigenvalue weighted by molar-refractivity contribution is 5.78. The molecule has 20 heavy (non-hydrogen) atoms. The van der Waals surface area contributed by atoms with E-state index in [4.69, 9.17) is 0 Å². The van der Waals surface area contributed by atoms with Crippen LogP contribution in [0.5, 0.6) is 0 Å². The highest BCUT2D eigenvalue weighted by atomic mass is 19.1. The van der Waals surface area contributed by atoms with Gasteiger partial charge in [0.2, 0.25) is 0 Å². The SMILES string of the molecule is CC(c1ccccc1)C(Nc1ccc(F)cc1)C(=O)O. The van der Waals surface area contributed by atoms with Crippen molar-refractivity contribution in [1.82, 2.24) is 0 Å². The predicted molar refractivity (Wildman–Crippen MR) is 76.3 cm³/mol. The summed E-state index contributed by atoms with van der Waals surface area (Å²) >= 11 is 0. The van der Waals surface area contributed by atoms with Crippen molar-refractivity contribution in [3.63, 3.8) is 0 Å². The summed E-state index contributed by atoms with van der Waals surface area (Å²) in [5, 5.41) is 12.3. The zero-order valence-electron chi connectivity index (χ0n) is 11.1. The number of hydrogen-bond donors (Lipinski definition) is 2. The van der Waals surface area contributed by atoms with Crippen LogP contribution in [0, 0.1) is 5.82 Å². The molecule has 0 heterocycles. The van der Waals surface area contributed by atoms with Gasteiger partial charge in [0.05, 0.1) is 0 Å². The molecule has 2 aromatic carbocycles. The van der Waals surface area contributed by atoms with Crippen LogP contribution < -0.4 is 5.32 Å². The second-order valence-electron chi connectivity index (χ2n) is 4.67. The number of halogens is 1. The minimum absolute atomic E-state index is 0.209. The number of rotatable bonds is 5. The molecule has 0 saturated carbocycles. The molecular weight excluding hydrogens is 257 g/mol. The Balaban J connectivity index is 2.19. The maximum Gasteiger partial charge on any atom is 0.326 e. The Morgan fingerprint density at radius 2 is 1.70 bits per heavy atom. The molecule has 0 fully saturated rings. The third-order valence-electron chi connectivity index (χ3n) is 3.26. The van der Waals surface area contributed by atoms with Crippen LogP contribution in [-0.2, 0) is 4.79 Å². The summed E-state index contributed by atoms with van der Waals surface area (Å²) in [7, 11) is 0. The number of carboxylic acids is 1. The maximum absolute atomic E-state index is 12.9. The van der Waals surface area contributed by atoms with Crippen molar-refractivity contribution in [3.05, 3.63) is 66.0 Å². The quantitative estimate of drug-likeness (QED) is 0.876. The molecule has 0 bridgehead atoms. The van der Waals surface area contributed by atoms with E-state index >= 15 is 0 Å². The molecule has 0 aliphatic rings. The molecule has 2 unspecified atom stereocenters. The molecule has 0 aliphatic heterocycles. The van der Waals surface area contributed by atoms with Gasteiger partial charge in [0.1, 0.15) is 11.9 Å². The summed E-state index contributed by atoms with van der Waals surface area (Å²) < 4.78 is 12.9. The van der Waals surface area contributed by atoms with Gasteiger partial charge in [0, 0.05) is 11.6 Å². The average molecular weight is 273 g/mol. The molecule has 2 N–H and O–H groups in total. The average Bonchev–Trinajstić information content (AvgIpc) is 2.46. The van der Waals surface area contributed by atoms with Gasteiger partial charge in [0.25, 0.3) is 0 Å². The fourth-order valence-corrected chi connectivity index (χ4v) is 2.08. The molecule has 0 aromatic heterocycles. The Hall–Kier alpha value is -2.36. The zero-order chi connectivity index (χ0) is 14.5. The van der Waals surface area contributed by atoms with Crippen molar-refractivity contribution in [2.75, 3.05) is 5.32 Å². The first-order chi connectivity index (χ1) is 9.58. The third-order valence-corrected chi connectivity index (χ3v) is 3.26. The molecule has 3 nitrogen and oxygen atoms in total. The Bertz CT molecular complexity index is 569. The van der Waals surface area contributed by atoms with E-state index in [1.807, 2.05) is 37.3 Å². The van der Waals surface area contributed by atoms with Crippen molar-refractivity contribution in [2.24, 2.45) is 0 Å². The van der Waals surface area contributed by atoms with Crippen LogP contribution in [0.1, 0.15) is 18.4 Å². The van der Waals surface area contributed by atoms with E-state index in [0.717, 1.165) is 5.56 Å². The van der Waals surface area contributed by atoms with Crippen LogP contribution in [0.4, 0.5) is 10.1 Å². The molecule has 2 aromatic rings. The van der Waals surface area contributed by atoms with E-state index in [9.17, 15) is 14.3 Å². The first-order valence-corrected chi connectivity index (χ1v) is 6.38. The summed E-state index contributed by atoms with van der Waals surface area (Å²) in [6.45, 7) is 1.85. The number of benzene rings is 2. The minimum Gasteiger partial charge on any atom is -0.480 e. The molecular formula is C16H16FNO2. The highest BCUT2D eigenvalue weighted by Crippen LogP contribution is 2.22. The van der Waals surface area contributed by atoms with E-state index < -0.39 is 12.0 Å². The first-order valence-electron chi connectivity index (χ1n) is 6.38. The largest absolute Gasteiger partial charge is 0.480 e. The molecule has 2 rings (SSSR count). The van der Waals surface area contributed by atoms with E-state index in [2.05, 4.69) is 5.32 Å². The summed E-state index contributed by atoms with van der Waals surface area (Å²) in [6.07, 6.45) is 0. The maximum atomic E-state index is 12.9. The van der Waals surface area contributed by atoms with Gasteiger partial charge in [-0.25, -0.2) is 9.18 Å². The van der Waals surface area contributed by atoms with E-state index in [1.54, 1.807) is 0 Å². The second kappa shape index (κ2) is 6.19. The number of nitrogens with one attached hydrogen (secondary N) is 1. The lowest BCUT2D eigenvalue weighted by molar-refractivity contribution is -0.138. The smallest absolute Gasteiger partial charge is 0.326 e. The van der Waals surface area contributed by atoms with Crippen molar-refractivity contribution in [2.45, 2.75) is 18.9 Å². The van der Waals surface area contributed by atoms with Crippen molar-refractivity contribution in [3.8, 4) is 0 Å². The lowest BCUT2D eigenvalue weighted by Crippen LogP contribution is -2.34. The van der Waals surface area contributed by atoms with Crippen molar-refractivity contribution < 1.29 is 14.3 Å². The predicted octanol–water partition coefficient (Wildman–Crippen LogP) is 3.49. The molecule has 0 spiro atoms. The Kier molecular flexibility index (Phi) is 4.35. The number of aliphatic carboxylic acids is 1. The van der Waals surface area contributed by atoms with Gasteiger partial charge in [-0.3, -0.25) is 0 Å². The molecule has 0 aliphatic carbocycles. The number of carbonyl (C=O) groups is 1. The van der Waals surface area contributed by atoms with Crippen molar-refractivity contribution >= 4 is 11.7 Å². The van der Waals surface area contributed by atoms with E-state index in [-0.39, 0.29) is 11.7 Å². The van der Waals surface area contributed by atoms with Gasteiger partial charge < -0.3 is 10.4 Å². The first kappa shape index (κ1) is 14.1. The van der Waals surface area contributed by atoms with Crippen LogP contribution in [-0.4, -0.2) is 17.1 Å². The summed E-state index contributed by atoms with van der Waals surface area (Å²) in [5.74, 6) is -1.50. The topological polar surface area (TPSA) is 49.3 Å².